The number of nitrogens with one attached hydrogen (secondary N) is 1. The van der Waals surface area contributed by atoms with E-state index in [9.17, 15) is 4.79 Å². The second-order valence-electron chi connectivity index (χ2n) is 5.83. The summed E-state index contributed by atoms with van der Waals surface area (Å²) >= 11 is 0. The minimum absolute atomic E-state index is 0.0987. The van der Waals surface area contributed by atoms with Crippen molar-refractivity contribution in [1.82, 2.24) is 10.2 Å². The molecule has 0 aliphatic heterocycles. The van der Waals surface area contributed by atoms with E-state index in [2.05, 4.69) is 41.5 Å². The van der Waals surface area contributed by atoms with E-state index in [1.54, 1.807) is 6.08 Å². The molecular formula is C20H19N3O2. The van der Waals surface area contributed by atoms with Gasteiger partial charge in [-0.1, -0.05) is 53.6 Å². The predicted octanol–water partition coefficient (Wildman–Crippen LogP) is 3.93. The van der Waals surface area contributed by atoms with Crippen LogP contribution in [-0.4, -0.2) is 16.1 Å². The Bertz CT molecular complexity index is 898. The minimum atomic E-state index is -0.315. The maximum Gasteiger partial charge on any atom is 0.322 e. The number of aromatic nitrogens is 2. The van der Waals surface area contributed by atoms with Gasteiger partial charge in [-0.2, -0.15) is 0 Å². The zero-order valence-corrected chi connectivity index (χ0v) is 14.2. The zero-order chi connectivity index (χ0) is 17.6. The summed E-state index contributed by atoms with van der Waals surface area (Å²) in [4.78, 5) is 11.9. The van der Waals surface area contributed by atoms with Crippen LogP contribution < -0.4 is 5.32 Å². The van der Waals surface area contributed by atoms with Crippen molar-refractivity contribution in [1.29, 1.82) is 0 Å². The highest BCUT2D eigenvalue weighted by Gasteiger charge is 2.09. The summed E-state index contributed by atoms with van der Waals surface area (Å²) in [6.07, 6.45) is 3.69. The molecule has 126 valence electrons. The van der Waals surface area contributed by atoms with Crippen LogP contribution >= 0.6 is 0 Å². The molecule has 0 fully saturated rings. The van der Waals surface area contributed by atoms with Gasteiger partial charge < -0.3 is 4.42 Å². The third-order valence-electron chi connectivity index (χ3n) is 3.85. The van der Waals surface area contributed by atoms with Gasteiger partial charge >= 0.3 is 6.01 Å². The lowest BCUT2D eigenvalue weighted by molar-refractivity contribution is -0.112. The standard InChI is InChI=1S/C20H19N3O2/c1-14-8-9-17(12-15(14)2)13-19-22-23-20(25-19)21-18(24)11-10-16-6-4-3-5-7-16/h3-12H,13H2,1-2H3,(H,21,23,24)/b11-10+. The van der Waals surface area contributed by atoms with Gasteiger partial charge in [0.15, 0.2) is 0 Å². The largest absolute Gasteiger partial charge is 0.407 e. The van der Waals surface area contributed by atoms with Crippen molar-refractivity contribution >= 4 is 18.0 Å². The Hall–Kier alpha value is -3.21. The van der Waals surface area contributed by atoms with Crippen molar-refractivity contribution < 1.29 is 9.21 Å². The van der Waals surface area contributed by atoms with Crippen LogP contribution in [0.15, 0.2) is 59.0 Å². The van der Waals surface area contributed by atoms with Gasteiger partial charge in [-0.05, 0) is 42.2 Å². The topological polar surface area (TPSA) is 68.0 Å². The van der Waals surface area contributed by atoms with Crippen LogP contribution in [0.25, 0.3) is 6.08 Å². The molecule has 1 heterocycles. The van der Waals surface area contributed by atoms with E-state index in [1.807, 2.05) is 36.4 Å². The molecule has 0 saturated carbocycles. The van der Waals surface area contributed by atoms with Gasteiger partial charge in [0.2, 0.25) is 5.89 Å². The molecule has 0 aliphatic carbocycles. The van der Waals surface area contributed by atoms with Gasteiger partial charge in [-0.15, -0.1) is 5.10 Å². The molecule has 1 amide bonds. The first-order valence-electron chi connectivity index (χ1n) is 8.03. The van der Waals surface area contributed by atoms with Crippen molar-refractivity contribution in [3.63, 3.8) is 0 Å². The first-order valence-corrected chi connectivity index (χ1v) is 8.03. The predicted molar refractivity (Wildman–Crippen MR) is 97.1 cm³/mol. The average Bonchev–Trinajstić information content (AvgIpc) is 3.04. The highest BCUT2D eigenvalue weighted by Crippen LogP contribution is 2.15. The average molecular weight is 333 g/mol. The van der Waals surface area contributed by atoms with E-state index < -0.39 is 0 Å². The minimum Gasteiger partial charge on any atom is -0.407 e. The molecule has 0 radical (unpaired) electrons. The fourth-order valence-electron chi connectivity index (χ4n) is 2.35. The molecule has 0 saturated heterocycles. The van der Waals surface area contributed by atoms with Crippen molar-refractivity contribution in [3.05, 3.63) is 82.8 Å². The van der Waals surface area contributed by atoms with E-state index in [0.717, 1.165) is 11.1 Å². The molecule has 5 nitrogen and oxygen atoms in total. The zero-order valence-electron chi connectivity index (χ0n) is 14.2. The lowest BCUT2D eigenvalue weighted by Gasteiger charge is -2.02. The van der Waals surface area contributed by atoms with Gasteiger partial charge in [-0.3, -0.25) is 10.1 Å². The molecule has 5 heteroatoms. The fourth-order valence-corrected chi connectivity index (χ4v) is 2.35. The fraction of sp³-hybridized carbons (Fsp3) is 0.150. The van der Waals surface area contributed by atoms with Crippen LogP contribution in [0.1, 0.15) is 28.1 Å². The Labute approximate surface area is 146 Å². The highest BCUT2D eigenvalue weighted by molar-refractivity contribution is 6.00. The first-order chi connectivity index (χ1) is 12.1. The number of hydrogen-bond acceptors (Lipinski definition) is 4. The summed E-state index contributed by atoms with van der Waals surface area (Å²) in [5.74, 6) is 0.149. The van der Waals surface area contributed by atoms with E-state index in [1.165, 1.54) is 17.2 Å². The molecule has 0 spiro atoms. The number of rotatable bonds is 5. The summed E-state index contributed by atoms with van der Waals surface area (Å²) in [7, 11) is 0. The van der Waals surface area contributed by atoms with E-state index >= 15 is 0 Å². The number of benzene rings is 2. The van der Waals surface area contributed by atoms with E-state index in [4.69, 9.17) is 4.42 Å². The van der Waals surface area contributed by atoms with Crippen LogP contribution in [0.5, 0.6) is 0 Å². The summed E-state index contributed by atoms with van der Waals surface area (Å²) in [5.41, 5.74) is 4.50. The molecule has 0 bridgehead atoms. The maximum absolute atomic E-state index is 11.9. The number of hydrogen-bond donors (Lipinski definition) is 1. The third-order valence-corrected chi connectivity index (χ3v) is 3.85. The molecule has 0 atom stereocenters. The summed E-state index contributed by atoms with van der Waals surface area (Å²) in [6.45, 7) is 4.14. The number of carbonyl (C=O) groups excluding carboxylic acids is 1. The van der Waals surface area contributed by atoms with E-state index in [0.29, 0.717) is 12.3 Å². The summed E-state index contributed by atoms with van der Waals surface area (Å²) in [6, 6.07) is 15.9. The number of amides is 1. The second-order valence-corrected chi connectivity index (χ2v) is 5.83. The number of nitrogens with zero attached hydrogens (tertiary/aromatic N) is 2. The number of aryl methyl sites for hydroxylation is 2. The van der Waals surface area contributed by atoms with Gasteiger partial charge in [0.25, 0.3) is 5.91 Å². The Kier molecular flexibility index (Phi) is 5.04. The van der Waals surface area contributed by atoms with Crippen molar-refractivity contribution in [2.45, 2.75) is 20.3 Å². The maximum atomic E-state index is 11.9. The lowest BCUT2D eigenvalue weighted by Crippen LogP contribution is -2.07. The van der Waals surface area contributed by atoms with Crippen LogP contribution in [-0.2, 0) is 11.2 Å². The van der Waals surface area contributed by atoms with Gasteiger partial charge in [0, 0.05) is 6.08 Å². The van der Waals surface area contributed by atoms with Crippen LogP contribution in [0, 0.1) is 13.8 Å². The molecular weight excluding hydrogens is 314 g/mol. The first kappa shape index (κ1) is 16.6. The number of carbonyl (C=O) groups is 1. The molecule has 1 aromatic heterocycles. The Morgan fingerprint density at radius 3 is 2.64 bits per heavy atom. The van der Waals surface area contributed by atoms with Gasteiger partial charge in [0.05, 0.1) is 6.42 Å². The van der Waals surface area contributed by atoms with Crippen molar-refractivity contribution in [3.8, 4) is 0 Å². The second kappa shape index (κ2) is 7.57. The normalized spacial score (nSPS) is 11.0. The van der Waals surface area contributed by atoms with Gasteiger partial charge in [0.1, 0.15) is 0 Å². The van der Waals surface area contributed by atoms with Gasteiger partial charge in [-0.25, -0.2) is 0 Å². The SMILES string of the molecule is Cc1ccc(Cc2nnc(NC(=O)/C=C/c3ccccc3)o2)cc1C. The quantitative estimate of drug-likeness (QED) is 0.718. The molecule has 1 N–H and O–H groups in total. The molecule has 3 aromatic rings. The Balaban J connectivity index is 1.60. The van der Waals surface area contributed by atoms with Crippen molar-refractivity contribution in [2.24, 2.45) is 0 Å². The molecule has 0 unspecified atom stereocenters. The molecule has 3 rings (SSSR count). The van der Waals surface area contributed by atoms with Crippen molar-refractivity contribution in [2.75, 3.05) is 5.32 Å². The highest BCUT2D eigenvalue weighted by atomic mass is 16.4. The molecule has 25 heavy (non-hydrogen) atoms. The van der Waals surface area contributed by atoms with Crippen LogP contribution in [0.3, 0.4) is 0 Å². The molecule has 2 aromatic carbocycles. The Morgan fingerprint density at radius 2 is 1.88 bits per heavy atom. The number of anilines is 1. The lowest BCUT2D eigenvalue weighted by atomic mass is 10.0. The molecule has 0 aliphatic rings. The third kappa shape index (κ3) is 4.64. The van der Waals surface area contributed by atoms with Crippen LogP contribution in [0.2, 0.25) is 0 Å². The van der Waals surface area contributed by atoms with E-state index in [-0.39, 0.29) is 11.9 Å². The monoisotopic (exact) mass is 333 g/mol. The summed E-state index contributed by atoms with van der Waals surface area (Å²) in [5, 5.41) is 10.4. The summed E-state index contributed by atoms with van der Waals surface area (Å²) < 4.78 is 5.49. The van der Waals surface area contributed by atoms with Crippen LogP contribution in [0.4, 0.5) is 6.01 Å². The Morgan fingerprint density at radius 1 is 1.08 bits per heavy atom. The smallest absolute Gasteiger partial charge is 0.322 e.